The zero-order valence-corrected chi connectivity index (χ0v) is 15.3. The Morgan fingerprint density at radius 3 is 2.68 bits per heavy atom. The highest BCUT2D eigenvalue weighted by molar-refractivity contribution is 5.64. The van der Waals surface area contributed by atoms with E-state index in [1.165, 1.54) is 0 Å². The quantitative estimate of drug-likeness (QED) is 0.719. The van der Waals surface area contributed by atoms with Gasteiger partial charge in [0.15, 0.2) is 5.82 Å². The molecular formula is C22H20N4O2. The molecule has 0 radical (unpaired) electrons. The first-order valence-corrected chi connectivity index (χ1v) is 9.26. The van der Waals surface area contributed by atoms with Crippen molar-refractivity contribution in [2.45, 2.75) is 18.9 Å². The summed E-state index contributed by atoms with van der Waals surface area (Å²) in [6.07, 6.45) is 3.46. The minimum Gasteiger partial charge on any atom is -0.489 e. The van der Waals surface area contributed by atoms with Crippen molar-refractivity contribution in [1.82, 2.24) is 9.97 Å². The molecule has 28 heavy (non-hydrogen) atoms. The van der Waals surface area contributed by atoms with Gasteiger partial charge in [0.05, 0.1) is 18.8 Å². The summed E-state index contributed by atoms with van der Waals surface area (Å²) in [5.41, 5.74) is 2.20. The predicted molar refractivity (Wildman–Crippen MR) is 106 cm³/mol. The van der Waals surface area contributed by atoms with Gasteiger partial charge in [-0.25, -0.2) is 9.97 Å². The number of nitrogens with one attached hydrogen (secondary N) is 1. The molecule has 0 aliphatic carbocycles. The molecule has 2 aromatic carbocycles. The van der Waals surface area contributed by atoms with Crippen LogP contribution >= 0.6 is 0 Å². The van der Waals surface area contributed by atoms with Gasteiger partial charge in [-0.1, -0.05) is 18.2 Å². The first-order chi connectivity index (χ1) is 13.8. The Morgan fingerprint density at radius 2 is 1.89 bits per heavy atom. The molecule has 1 aliphatic heterocycles. The molecule has 6 heteroatoms. The number of ether oxygens (including phenoxy) is 2. The summed E-state index contributed by atoms with van der Waals surface area (Å²) in [7, 11) is 0. The first-order valence-electron chi connectivity index (χ1n) is 9.26. The minimum atomic E-state index is 0.0846. The number of anilines is 2. The van der Waals surface area contributed by atoms with Crippen LogP contribution in [0.1, 0.15) is 18.4 Å². The van der Waals surface area contributed by atoms with E-state index in [0.717, 1.165) is 24.1 Å². The van der Waals surface area contributed by atoms with Crippen LogP contribution in [0, 0.1) is 11.3 Å². The van der Waals surface area contributed by atoms with Crippen molar-refractivity contribution >= 4 is 11.5 Å². The fourth-order valence-electron chi connectivity index (χ4n) is 3.07. The average molecular weight is 372 g/mol. The van der Waals surface area contributed by atoms with E-state index >= 15 is 0 Å². The van der Waals surface area contributed by atoms with Gasteiger partial charge in [0.1, 0.15) is 23.7 Å². The van der Waals surface area contributed by atoms with Crippen molar-refractivity contribution in [1.29, 1.82) is 5.26 Å². The number of nitrogens with zero attached hydrogens (tertiary/aromatic N) is 3. The third-order valence-electron chi connectivity index (χ3n) is 4.52. The van der Waals surface area contributed by atoms with Crippen LogP contribution in [0.4, 0.5) is 11.5 Å². The fourth-order valence-corrected chi connectivity index (χ4v) is 3.07. The summed E-state index contributed by atoms with van der Waals surface area (Å²) < 4.78 is 11.4. The number of nitriles is 1. The Balaban J connectivity index is 1.55. The van der Waals surface area contributed by atoms with Crippen LogP contribution in [-0.4, -0.2) is 29.3 Å². The van der Waals surface area contributed by atoms with E-state index < -0.39 is 0 Å². The monoisotopic (exact) mass is 372 g/mol. The second-order valence-electron chi connectivity index (χ2n) is 6.51. The number of aromatic nitrogens is 2. The minimum absolute atomic E-state index is 0.0846. The molecule has 0 bridgehead atoms. The lowest BCUT2D eigenvalue weighted by Crippen LogP contribution is -2.26. The van der Waals surface area contributed by atoms with Crippen LogP contribution in [0.2, 0.25) is 0 Å². The summed E-state index contributed by atoms with van der Waals surface area (Å²) in [5.74, 6) is 1.84. The van der Waals surface area contributed by atoms with Gasteiger partial charge in [-0.2, -0.15) is 5.26 Å². The van der Waals surface area contributed by atoms with E-state index in [4.69, 9.17) is 9.47 Å². The zero-order valence-electron chi connectivity index (χ0n) is 15.3. The van der Waals surface area contributed by atoms with E-state index in [1.807, 2.05) is 48.5 Å². The number of rotatable bonds is 5. The number of benzene rings is 2. The van der Waals surface area contributed by atoms with Crippen molar-refractivity contribution in [2.24, 2.45) is 0 Å². The van der Waals surface area contributed by atoms with Crippen molar-refractivity contribution in [3.05, 3.63) is 66.4 Å². The molecule has 3 aromatic rings. The van der Waals surface area contributed by atoms with Gasteiger partial charge in [0.25, 0.3) is 0 Å². The van der Waals surface area contributed by atoms with Gasteiger partial charge in [0, 0.05) is 30.3 Å². The van der Waals surface area contributed by atoms with E-state index in [-0.39, 0.29) is 6.10 Å². The van der Waals surface area contributed by atoms with Gasteiger partial charge in [-0.15, -0.1) is 0 Å². The standard InChI is InChI=1S/C22H20N4O2/c23-15-17-14-16(6-7-20(17)28-19-9-12-27-13-10-19)22-24-11-8-21(26-22)25-18-4-2-1-3-5-18/h1-8,11,14,19H,9-10,12-13H2,(H,24,25,26). The molecule has 2 heterocycles. The highest BCUT2D eigenvalue weighted by atomic mass is 16.5. The molecule has 1 aliphatic rings. The Morgan fingerprint density at radius 1 is 1.07 bits per heavy atom. The molecule has 140 valence electrons. The molecule has 1 saturated heterocycles. The second kappa shape index (κ2) is 8.51. The molecule has 1 fully saturated rings. The summed E-state index contributed by atoms with van der Waals surface area (Å²) in [6.45, 7) is 1.39. The topological polar surface area (TPSA) is 80.1 Å². The lowest BCUT2D eigenvalue weighted by atomic mass is 10.1. The summed E-state index contributed by atoms with van der Waals surface area (Å²) >= 11 is 0. The maximum Gasteiger partial charge on any atom is 0.161 e. The second-order valence-corrected chi connectivity index (χ2v) is 6.51. The van der Waals surface area contributed by atoms with E-state index in [1.54, 1.807) is 12.3 Å². The molecule has 0 saturated carbocycles. The first kappa shape index (κ1) is 18.0. The molecule has 0 spiro atoms. The molecule has 0 amide bonds. The van der Waals surface area contributed by atoms with Gasteiger partial charge < -0.3 is 14.8 Å². The van der Waals surface area contributed by atoms with Crippen molar-refractivity contribution in [3.8, 4) is 23.2 Å². The summed E-state index contributed by atoms with van der Waals surface area (Å²) in [5, 5.41) is 12.8. The molecule has 1 aromatic heterocycles. The molecular weight excluding hydrogens is 352 g/mol. The van der Waals surface area contributed by atoms with E-state index in [2.05, 4.69) is 21.4 Å². The van der Waals surface area contributed by atoms with Crippen LogP contribution in [-0.2, 0) is 4.74 Å². The number of hydrogen-bond acceptors (Lipinski definition) is 6. The highest BCUT2D eigenvalue weighted by Crippen LogP contribution is 2.27. The molecule has 0 atom stereocenters. The van der Waals surface area contributed by atoms with Crippen molar-refractivity contribution in [3.63, 3.8) is 0 Å². The number of hydrogen-bond donors (Lipinski definition) is 1. The molecule has 4 rings (SSSR count). The summed E-state index contributed by atoms with van der Waals surface area (Å²) in [6, 6.07) is 19.3. The lowest BCUT2D eigenvalue weighted by Gasteiger charge is -2.23. The normalized spacial score (nSPS) is 14.2. The van der Waals surface area contributed by atoms with Crippen molar-refractivity contribution in [2.75, 3.05) is 18.5 Å². The summed E-state index contributed by atoms with van der Waals surface area (Å²) in [4.78, 5) is 8.92. The fraction of sp³-hybridized carbons (Fsp3) is 0.227. The van der Waals surface area contributed by atoms with Gasteiger partial charge in [-0.3, -0.25) is 0 Å². The number of para-hydroxylation sites is 1. The average Bonchev–Trinajstić information content (AvgIpc) is 2.76. The highest BCUT2D eigenvalue weighted by Gasteiger charge is 2.17. The van der Waals surface area contributed by atoms with Crippen molar-refractivity contribution < 1.29 is 9.47 Å². The lowest BCUT2D eigenvalue weighted by molar-refractivity contribution is 0.0254. The molecule has 0 unspecified atom stereocenters. The van der Waals surface area contributed by atoms with Gasteiger partial charge >= 0.3 is 0 Å². The van der Waals surface area contributed by atoms with Gasteiger partial charge in [0.2, 0.25) is 0 Å². The maximum absolute atomic E-state index is 9.56. The van der Waals surface area contributed by atoms with Crippen LogP contribution in [0.3, 0.4) is 0 Å². The van der Waals surface area contributed by atoms with Crippen LogP contribution in [0.15, 0.2) is 60.8 Å². The third-order valence-corrected chi connectivity index (χ3v) is 4.52. The Bertz CT molecular complexity index is 979. The Labute approximate surface area is 163 Å². The third kappa shape index (κ3) is 4.27. The largest absolute Gasteiger partial charge is 0.489 e. The van der Waals surface area contributed by atoms with Gasteiger partial charge in [-0.05, 0) is 36.4 Å². The van der Waals surface area contributed by atoms with E-state index in [0.29, 0.717) is 36.2 Å². The van der Waals surface area contributed by atoms with Crippen LogP contribution in [0.25, 0.3) is 11.4 Å². The molecule has 1 N–H and O–H groups in total. The van der Waals surface area contributed by atoms with Crippen LogP contribution in [0.5, 0.6) is 5.75 Å². The Kier molecular flexibility index (Phi) is 5.46. The Hall–Kier alpha value is -3.43. The maximum atomic E-state index is 9.56. The SMILES string of the molecule is N#Cc1cc(-c2nccc(Nc3ccccc3)n2)ccc1OC1CCOCC1. The van der Waals surface area contributed by atoms with E-state index in [9.17, 15) is 5.26 Å². The smallest absolute Gasteiger partial charge is 0.161 e. The zero-order chi connectivity index (χ0) is 19.2. The molecule has 6 nitrogen and oxygen atoms in total. The van der Waals surface area contributed by atoms with Crippen LogP contribution < -0.4 is 10.1 Å². The predicted octanol–water partition coefficient (Wildman–Crippen LogP) is 4.32.